The van der Waals surface area contributed by atoms with Crippen LogP contribution >= 0.6 is 11.8 Å². The Morgan fingerprint density at radius 2 is 2.24 bits per heavy atom. The SMILES string of the molecule is CC(CO)CSCC(=O)NC1(C#N)CCCC1. The third-order valence-electron chi connectivity index (χ3n) is 3.00. The van der Waals surface area contributed by atoms with Crippen LogP contribution in [0.3, 0.4) is 0 Å². The summed E-state index contributed by atoms with van der Waals surface area (Å²) in [6.07, 6.45) is 3.57. The molecular weight excluding hydrogens is 236 g/mol. The summed E-state index contributed by atoms with van der Waals surface area (Å²) in [7, 11) is 0. The molecule has 0 heterocycles. The first kappa shape index (κ1) is 14.3. The lowest BCUT2D eigenvalue weighted by Crippen LogP contribution is -2.45. The van der Waals surface area contributed by atoms with Gasteiger partial charge in [-0.25, -0.2) is 0 Å². The molecule has 0 bridgehead atoms. The van der Waals surface area contributed by atoms with Gasteiger partial charge in [-0.05, 0) is 37.4 Å². The summed E-state index contributed by atoms with van der Waals surface area (Å²) in [5.74, 6) is 1.28. The number of nitriles is 1. The standard InChI is InChI=1S/C12H20N2O2S/c1-10(6-15)7-17-8-11(16)14-12(9-13)4-2-3-5-12/h10,15H,2-8H2,1H3,(H,14,16). The van der Waals surface area contributed by atoms with Gasteiger partial charge in [0, 0.05) is 6.61 Å². The Bertz CT molecular complexity index is 295. The molecule has 17 heavy (non-hydrogen) atoms. The van der Waals surface area contributed by atoms with E-state index in [1.807, 2.05) is 6.92 Å². The molecule has 0 spiro atoms. The number of aliphatic hydroxyl groups excluding tert-OH is 1. The van der Waals surface area contributed by atoms with Crippen LogP contribution in [0.1, 0.15) is 32.6 Å². The van der Waals surface area contributed by atoms with Crippen LogP contribution in [0, 0.1) is 17.2 Å². The van der Waals surface area contributed by atoms with Crippen molar-refractivity contribution in [2.24, 2.45) is 5.92 Å². The molecule has 0 aromatic carbocycles. The molecule has 0 radical (unpaired) electrons. The maximum absolute atomic E-state index is 11.7. The van der Waals surface area contributed by atoms with Gasteiger partial charge < -0.3 is 10.4 Å². The molecule has 0 saturated heterocycles. The fourth-order valence-corrected chi connectivity index (χ4v) is 2.83. The molecule has 1 aliphatic carbocycles. The van der Waals surface area contributed by atoms with E-state index in [0.29, 0.717) is 5.75 Å². The van der Waals surface area contributed by atoms with Crippen LogP contribution in [0.4, 0.5) is 0 Å². The molecule has 1 amide bonds. The van der Waals surface area contributed by atoms with Crippen molar-refractivity contribution < 1.29 is 9.90 Å². The third kappa shape index (κ3) is 4.57. The van der Waals surface area contributed by atoms with Crippen LogP contribution in [-0.2, 0) is 4.79 Å². The minimum Gasteiger partial charge on any atom is -0.396 e. The Morgan fingerprint density at radius 3 is 2.76 bits per heavy atom. The minimum absolute atomic E-state index is 0.0661. The van der Waals surface area contributed by atoms with Gasteiger partial charge in [-0.15, -0.1) is 0 Å². The minimum atomic E-state index is -0.611. The fourth-order valence-electron chi connectivity index (χ4n) is 1.95. The van der Waals surface area contributed by atoms with Crippen molar-refractivity contribution in [3.05, 3.63) is 0 Å². The zero-order chi connectivity index (χ0) is 12.7. The Kier molecular flexibility index (Phi) is 5.79. The number of hydrogen-bond donors (Lipinski definition) is 2. The first-order valence-corrected chi connectivity index (χ1v) is 7.18. The summed E-state index contributed by atoms with van der Waals surface area (Å²) in [5, 5.41) is 20.8. The van der Waals surface area contributed by atoms with Crippen LogP contribution in [-0.4, -0.2) is 34.7 Å². The highest BCUT2D eigenvalue weighted by atomic mass is 32.2. The topological polar surface area (TPSA) is 73.1 Å². The number of carbonyl (C=O) groups is 1. The molecule has 1 fully saturated rings. The van der Waals surface area contributed by atoms with E-state index in [0.717, 1.165) is 31.4 Å². The molecule has 0 aromatic heterocycles. The lowest BCUT2D eigenvalue weighted by atomic mass is 10.0. The Hall–Kier alpha value is -0.730. The van der Waals surface area contributed by atoms with Gasteiger partial charge in [-0.1, -0.05) is 6.92 Å². The molecule has 0 aromatic rings. The second-order valence-electron chi connectivity index (χ2n) is 4.75. The second kappa shape index (κ2) is 6.87. The average Bonchev–Trinajstić information content (AvgIpc) is 2.78. The second-order valence-corrected chi connectivity index (χ2v) is 5.78. The first-order valence-electron chi connectivity index (χ1n) is 6.03. The summed E-state index contributed by atoms with van der Waals surface area (Å²) in [6.45, 7) is 2.09. The predicted molar refractivity (Wildman–Crippen MR) is 68.5 cm³/mol. The zero-order valence-corrected chi connectivity index (χ0v) is 11.1. The summed E-state index contributed by atoms with van der Waals surface area (Å²) in [5.41, 5.74) is -0.611. The highest BCUT2D eigenvalue weighted by Gasteiger charge is 2.35. The number of hydrogen-bond acceptors (Lipinski definition) is 4. The Labute approximate surface area is 107 Å². The largest absolute Gasteiger partial charge is 0.396 e. The van der Waals surface area contributed by atoms with E-state index in [-0.39, 0.29) is 18.4 Å². The maximum atomic E-state index is 11.7. The highest BCUT2D eigenvalue weighted by Crippen LogP contribution is 2.28. The number of nitrogens with one attached hydrogen (secondary N) is 1. The maximum Gasteiger partial charge on any atom is 0.231 e. The average molecular weight is 256 g/mol. The quantitative estimate of drug-likeness (QED) is 0.751. The first-order chi connectivity index (χ1) is 8.12. The lowest BCUT2D eigenvalue weighted by Gasteiger charge is -2.21. The summed E-state index contributed by atoms with van der Waals surface area (Å²) in [6, 6.07) is 2.24. The normalized spacial score (nSPS) is 19.6. The molecule has 1 aliphatic rings. The van der Waals surface area contributed by atoms with Crippen molar-refractivity contribution >= 4 is 17.7 Å². The van der Waals surface area contributed by atoms with Gasteiger partial charge in [-0.3, -0.25) is 4.79 Å². The molecule has 2 N–H and O–H groups in total. The molecule has 1 atom stereocenters. The van der Waals surface area contributed by atoms with E-state index in [9.17, 15) is 4.79 Å². The van der Waals surface area contributed by atoms with Crippen molar-refractivity contribution in [1.82, 2.24) is 5.32 Å². The van der Waals surface area contributed by atoms with Crippen LogP contribution in [0.2, 0.25) is 0 Å². The fraction of sp³-hybridized carbons (Fsp3) is 0.833. The van der Waals surface area contributed by atoms with E-state index in [2.05, 4.69) is 11.4 Å². The van der Waals surface area contributed by atoms with Gasteiger partial charge in [0.25, 0.3) is 0 Å². The highest BCUT2D eigenvalue weighted by molar-refractivity contribution is 7.99. The van der Waals surface area contributed by atoms with Crippen molar-refractivity contribution in [3.63, 3.8) is 0 Å². The van der Waals surface area contributed by atoms with Gasteiger partial charge in [0.15, 0.2) is 0 Å². The van der Waals surface area contributed by atoms with Gasteiger partial charge in [0.1, 0.15) is 5.54 Å². The number of amides is 1. The van der Waals surface area contributed by atoms with E-state index in [4.69, 9.17) is 10.4 Å². The van der Waals surface area contributed by atoms with Crippen molar-refractivity contribution in [2.75, 3.05) is 18.1 Å². The number of nitrogens with zero attached hydrogens (tertiary/aromatic N) is 1. The van der Waals surface area contributed by atoms with Crippen LogP contribution in [0.15, 0.2) is 0 Å². The Morgan fingerprint density at radius 1 is 1.59 bits per heavy atom. The lowest BCUT2D eigenvalue weighted by molar-refractivity contribution is -0.119. The monoisotopic (exact) mass is 256 g/mol. The number of aliphatic hydroxyl groups is 1. The molecule has 1 unspecified atom stereocenters. The van der Waals surface area contributed by atoms with Gasteiger partial charge >= 0.3 is 0 Å². The summed E-state index contributed by atoms with van der Waals surface area (Å²) >= 11 is 1.51. The third-order valence-corrected chi connectivity index (χ3v) is 4.27. The smallest absolute Gasteiger partial charge is 0.231 e. The van der Waals surface area contributed by atoms with Gasteiger partial charge in [0.2, 0.25) is 5.91 Å². The molecule has 1 rings (SSSR count). The molecular formula is C12H20N2O2S. The van der Waals surface area contributed by atoms with Crippen molar-refractivity contribution in [1.29, 1.82) is 5.26 Å². The Balaban J connectivity index is 2.27. The zero-order valence-electron chi connectivity index (χ0n) is 10.2. The predicted octanol–water partition coefficient (Wildman–Crippen LogP) is 1.30. The van der Waals surface area contributed by atoms with Crippen molar-refractivity contribution in [3.8, 4) is 6.07 Å². The van der Waals surface area contributed by atoms with E-state index < -0.39 is 5.54 Å². The van der Waals surface area contributed by atoms with Gasteiger partial charge in [0.05, 0.1) is 11.8 Å². The van der Waals surface area contributed by atoms with E-state index in [1.54, 1.807) is 0 Å². The summed E-state index contributed by atoms with van der Waals surface area (Å²) < 4.78 is 0. The van der Waals surface area contributed by atoms with Gasteiger partial charge in [-0.2, -0.15) is 17.0 Å². The molecule has 1 saturated carbocycles. The van der Waals surface area contributed by atoms with Crippen LogP contribution in [0.25, 0.3) is 0 Å². The number of thioether (sulfide) groups is 1. The van der Waals surface area contributed by atoms with Crippen LogP contribution < -0.4 is 5.32 Å². The molecule has 4 nitrogen and oxygen atoms in total. The van der Waals surface area contributed by atoms with Crippen molar-refractivity contribution in [2.45, 2.75) is 38.1 Å². The summed E-state index contributed by atoms with van der Waals surface area (Å²) in [4.78, 5) is 11.7. The van der Waals surface area contributed by atoms with E-state index >= 15 is 0 Å². The number of rotatable bonds is 6. The number of carbonyl (C=O) groups excluding carboxylic acids is 1. The van der Waals surface area contributed by atoms with E-state index in [1.165, 1.54) is 11.8 Å². The molecule has 96 valence electrons. The van der Waals surface area contributed by atoms with Crippen LogP contribution in [0.5, 0.6) is 0 Å². The molecule has 5 heteroatoms. The molecule has 0 aliphatic heterocycles.